The van der Waals surface area contributed by atoms with E-state index < -0.39 is 0 Å². The monoisotopic (exact) mass is 337 g/mol. The van der Waals surface area contributed by atoms with Crippen LogP contribution in [0.4, 0.5) is 0 Å². The molecule has 1 aliphatic rings. The highest BCUT2D eigenvalue weighted by Crippen LogP contribution is 2.25. The van der Waals surface area contributed by atoms with Crippen LogP contribution in [0.15, 0.2) is 18.2 Å². The summed E-state index contributed by atoms with van der Waals surface area (Å²) in [7, 11) is 1.62. The molecule has 1 aromatic carbocycles. The Labute approximate surface area is 141 Å². The summed E-state index contributed by atoms with van der Waals surface area (Å²) >= 11 is 5.06. The van der Waals surface area contributed by atoms with Crippen LogP contribution in [0, 0.1) is 0 Å². The number of amides is 1. The molecule has 0 saturated heterocycles. The largest absolute Gasteiger partial charge is 0.484 e. The first-order valence-electron chi connectivity index (χ1n) is 7.67. The molecule has 0 aliphatic heterocycles. The highest BCUT2D eigenvalue weighted by atomic mass is 32.1. The van der Waals surface area contributed by atoms with E-state index in [-0.39, 0.29) is 18.6 Å². The fourth-order valence-electron chi connectivity index (χ4n) is 2.50. The minimum atomic E-state index is -0.297. The molecule has 126 valence electrons. The Morgan fingerprint density at radius 1 is 1.30 bits per heavy atom. The summed E-state index contributed by atoms with van der Waals surface area (Å²) < 4.78 is 10.5. The van der Waals surface area contributed by atoms with Gasteiger partial charge in [0.25, 0.3) is 5.91 Å². The van der Waals surface area contributed by atoms with E-state index in [9.17, 15) is 4.79 Å². The van der Waals surface area contributed by atoms with Gasteiger partial charge in [-0.3, -0.25) is 15.6 Å². The zero-order valence-electron chi connectivity index (χ0n) is 13.5. The molecule has 0 radical (unpaired) electrons. The van der Waals surface area contributed by atoms with Gasteiger partial charge >= 0.3 is 0 Å². The average Bonchev–Trinajstić information content (AvgIpc) is 2.98. The summed E-state index contributed by atoms with van der Waals surface area (Å²) in [6, 6.07) is 6.05. The standard InChI is InChI=1S/C16H23N3O3S/c1-11(9-21-2)17-16(23)19-18-15(20)10-22-14-7-6-12-4-3-5-13(12)8-14/h6-8,11H,3-5,9-10H2,1-2H3,(H,18,20)(H2,17,19,23)/t11-/m1/s1. The maximum atomic E-state index is 11.8. The van der Waals surface area contributed by atoms with Gasteiger partial charge in [0.2, 0.25) is 0 Å². The van der Waals surface area contributed by atoms with Crippen LogP contribution in [-0.2, 0) is 22.4 Å². The molecular weight excluding hydrogens is 314 g/mol. The van der Waals surface area contributed by atoms with Crippen molar-refractivity contribution in [2.24, 2.45) is 0 Å². The molecule has 0 saturated carbocycles. The van der Waals surface area contributed by atoms with Gasteiger partial charge in [-0.25, -0.2) is 0 Å². The van der Waals surface area contributed by atoms with E-state index in [1.165, 1.54) is 17.5 Å². The van der Waals surface area contributed by atoms with E-state index in [0.29, 0.717) is 11.7 Å². The quantitative estimate of drug-likeness (QED) is 0.533. The normalized spacial score (nSPS) is 13.8. The molecule has 0 fully saturated rings. The number of thiocarbonyl (C=S) groups is 1. The van der Waals surface area contributed by atoms with Crippen LogP contribution >= 0.6 is 12.2 Å². The summed E-state index contributed by atoms with van der Waals surface area (Å²) in [5, 5.41) is 3.31. The van der Waals surface area contributed by atoms with Crippen molar-refractivity contribution in [3.63, 3.8) is 0 Å². The molecule has 23 heavy (non-hydrogen) atoms. The van der Waals surface area contributed by atoms with Crippen molar-refractivity contribution in [3.05, 3.63) is 29.3 Å². The van der Waals surface area contributed by atoms with Gasteiger partial charge in [-0.05, 0) is 61.7 Å². The molecule has 0 heterocycles. The minimum Gasteiger partial charge on any atom is -0.484 e. The van der Waals surface area contributed by atoms with E-state index in [0.717, 1.165) is 18.6 Å². The second kappa shape index (κ2) is 8.69. The van der Waals surface area contributed by atoms with Gasteiger partial charge in [0, 0.05) is 13.2 Å². The van der Waals surface area contributed by atoms with Crippen LogP contribution < -0.4 is 20.9 Å². The van der Waals surface area contributed by atoms with E-state index >= 15 is 0 Å². The molecule has 7 heteroatoms. The second-order valence-electron chi connectivity index (χ2n) is 5.58. The Morgan fingerprint density at radius 2 is 2.09 bits per heavy atom. The van der Waals surface area contributed by atoms with Crippen molar-refractivity contribution < 1.29 is 14.3 Å². The van der Waals surface area contributed by atoms with Crippen LogP contribution in [-0.4, -0.2) is 37.4 Å². The summed E-state index contributed by atoms with van der Waals surface area (Å²) in [4.78, 5) is 11.8. The third kappa shape index (κ3) is 5.69. The number of methoxy groups -OCH3 is 1. The molecule has 6 nitrogen and oxygen atoms in total. The van der Waals surface area contributed by atoms with E-state index in [1.54, 1.807) is 7.11 Å². The van der Waals surface area contributed by atoms with Crippen LogP contribution in [0.2, 0.25) is 0 Å². The summed E-state index contributed by atoms with van der Waals surface area (Å²) in [6.07, 6.45) is 3.40. The number of benzene rings is 1. The van der Waals surface area contributed by atoms with Crippen molar-refractivity contribution in [2.75, 3.05) is 20.3 Å². The van der Waals surface area contributed by atoms with Crippen molar-refractivity contribution >= 4 is 23.2 Å². The Kier molecular flexibility index (Phi) is 6.61. The third-order valence-corrected chi connectivity index (χ3v) is 3.77. The van der Waals surface area contributed by atoms with Crippen molar-refractivity contribution in [1.82, 2.24) is 16.2 Å². The molecule has 1 aromatic rings. The van der Waals surface area contributed by atoms with Crippen molar-refractivity contribution in [3.8, 4) is 5.75 Å². The Hall–Kier alpha value is -1.86. The maximum absolute atomic E-state index is 11.8. The fourth-order valence-corrected chi connectivity index (χ4v) is 2.75. The molecule has 0 aromatic heterocycles. The molecule has 2 rings (SSSR count). The lowest BCUT2D eigenvalue weighted by molar-refractivity contribution is -0.123. The minimum absolute atomic E-state index is 0.0552. The molecule has 0 unspecified atom stereocenters. The highest BCUT2D eigenvalue weighted by molar-refractivity contribution is 7.80. The predicted molar refractivity (Wildman–Crippen MR) is 92.3 cm³/mol. The fraction of sp³-hybridized carbons (Fsp3) is 0.500. The third-order valence-electron chi connectivity index (χ3n) is 3.55. The van der Waals surface area contributed by atoms with Crippen molar-refractivity contribution in [2.45, 2.75) is 32.2 Å². The Bertz CT molecular complexity index is 566. The number of ether oxygens (including phenoxy) is 2. The summed E-state index contributed by atoms with van der Waals surface area (Å²) in [5.41, 5.74) is 7.83. The number of rotatable bonds is 6. The van der Waals surface area contributed by atoms with E-state index in [4.69, 9.17) is 21.7 Å². The zero-order chi connectivity index (χ0) is 16.7. The topological polar surface area (TPSA) is 71.6 Å². The number of fused-ring (bicyclic) bond motifs is 1. The van der Waals surface area contributed by atoms with Crippen LogP contribution in [0.1, 0.15) is 24.5 Å². The predicted octanol–water partition coefficient (Wildman–Crippen LogP) is 1.08. The van der Waals surface area contributed by atoms with Gasteiger partial charge in [-0.15, -0.1) is 0 Å². The van der Waals surface area contributed by atoms with Crippen LogP contribution in [0.5, 0.6) is 5.75 Å². The molecule has 0 bridgehead atoms. The second-order valence-corrected chi connectivity index (χ2v) is 5.98. The van der Waals surface area contributed by atoms with Gasteiger partial charge in [0.15, 0.2) is 11.7 Å². The lowest BCUT2D eigenvalue weighted by Crippen LogP contribution is -2.50. The number of hydrazine groups is 1. The Morgan fingerprint density at radius 3 is 2.87 bits per heavy atom. The average molecular weight is 337 g/mol. The van der Waals surface area contributed by atoms with Gasteiger partial charge in [0.1, 0.15) is 5.75 Å². The number of carbonyl (C=O) groups is 1. The smallest absolute Gasteiger partial charge is 0.276 e. The molecule has 1 aliphatic carbocycles. The van der Waals surface area contributed by atoms with Crippen molar-refractivity contribution in [1.29, 1.82) is 0 Å². The lowest BCUT2D eigenvalue weighted by Gasteiger charge is -2.16. The highest BCUT2D eigenvalue weighted by Gasteiger charge is 2.12. The number of carbonyl (C=O) groups excluding carboxylic acids is 1. The number of nitrogens with one attached hydrogen (secondary N) is 3. The first-order valence-corrected chi connectivity index (χ1v) is 8.08. The first kappa shape index (κ1) is 17.5. The van der Waals surface area contributed by atoms with Gasteiger partial charge in [0.05, 0.1) is 6.61 Å². The van der Waals surface area contributed by atoms with E-state index in [2.05, 4.69) is 22.2 Å². The van der Waals surface area contributed by atoms with Crippen LogP contribution in [0.3, 0.4) is 0 Å². The molecule has 1 atom stereocenters. The number of hydrogen-bond acceptors (Lipinski definition) is 4. The molecule has 0 spiro atoms. The SMILES string of the molecule is COC[C@@H](C)NC(=S)NNC(=O)COc1ccc2c(c1)CCC2. The number of hydrogen-bond donors (Lipinski definition) is 3. The Balaban J connectivity index is 1.68. The summed E-state index contributed by atoms with van der Waals surface area (Å²) in [6.45, 7) is 2.38. The molecule has 3 N–H and O–H groups in total. The zero-order valence-corrected chi connectivity index (χ0v) is 14.3. The lowest BCUT2D eigenvalue weighted by atomic mass is 10.1. The maximum Gasteiger partial charge on any atom is 0.276 e. The molecular formula is C16H23N3O3S. The van der Waals surface area contributed by atoms with Gasteiger partial charge < -0.3 is 14.8 Å². The number of aryl methyl sites for hydroxylation is 2. The molecule has 1 amide bonds. The summed E-state index contributed by atoms with van der Waals surface area (Å²) in [5.74, 6) is 0.421. The van der Waals surface area contributed by atoms with Crippen LogP contribution in [0.25, 0.3) is 0 Å². The van der Waals surface area contributed by atoms with Gasteiger partial charge in [-0.1, -0.05) is 6.07 Å². The first-order chi connectivity index (χ1) is 11.1. The van der Waals surface area contributed by atoms with E-state index in [1.807, 2.05) is 19.1 Å². The van der Waals surface area contributed by atoms with Gasteiger partial charge in [-0.2, -0.15) is 0 Å².